The Morgan fingerprint density at radius 2 is 2.21 bits per heavy atom. The molecule has 10 heteroatoms. The highest BCUT2D eigenvalue weighted by molar-refractivity contribution is 6.33. The molecule has 1 atom stereocenters. The molecule has 146 valence electrons. The smallest absolute Gasteiger partial charge is 0.280 e. The predicted octanol–water partition coefficient (Wildman–Crippen LogP) is 3.33. The molecule has 1 saturated heterocycles. The van der Waals surface area contributed by atoms with Crippen LogP contribution in [0.25, 0.3) is 11.6 Å². The summed E-state index contributed by atoms with van der Waals surface area (Å²) in [5, 5.41) is 12.3. The Morgan fingerprint density at radius 1 is 1.39 bits per heavy atom. The van der Waals surface area contributed by atoms with Gasteiger partial charge in [-0.3, -0.25) is 4.79 Å². The van der Waals surface area contributed by atoms with Crippen LogP contribution in [0.5, 0.6) is 0 Å². The fourth-order valence-electron chi connectivity index (χ4n) is 3.10. The molecule has 1 aromatic carbocycles. The first kappa shape index (κ1) is 18.5. The molecule has 3 aromatic rings. The van der Waals surface area contributed by atoms with E-state index in [1.165, 1.54) is 12.1 Å². The Hall–Kier alpha value is -2.81. The second-order valence-electron chi connectivity index (χ2n) is 7.01. The van der Waals surface area contributed by atoms with Crippen LogP contribution in [0, 0.1) is 5.82 Å². The molecule has 1 fully saturated rings. The minimum atomic E-state index is -0.474. The highest BCUT2D eigenvalue weighted by Gasteiger charge is 2.30. The van der Waals surface area contributed by atoms with E-state index in [1.807, 2.05) is 13.8 Å². The van der Waals surface area contributed by atoms with Crippen molar-refractivity contribution >= 4 is 17.5 Å². The predicted molar refractivity (Wildman–Crippen MR) is 98.4 cm³/mol. The average molecular weight is 405 g/mol. The minimum absolute atomic E-state index is 0.0306. The third-order valence-electron chi connectivity index (χ3n) is 4.67. The normalized spacial score (nSPS) is 16.9. The summed E-state index contributed by atoms with van der Waals surface area (Å²) in [7, 11) is 0. The molecule has 8 nitrogen and oxygen atoms in total. The third-order valence-corrected chi connectivity index (χ3v) is 4.99. The lowest BCUT2D eigenvalue weighted by Gasteiger charge is -2.17. The lowest BCUT2D eigenvalue weighted by molar-refractivity contribution is 0.0787. The van der Waals surface area contributed by atoms with Crippen LogP contribution in [0.3, 0.4) is 0 Å². The topological polar surface area (TPSA) is 89.9 Å². The van der Waals surface area contributed by atoms with Gasteiger partial charge in [0.15, 0.2) is 11.5 Å². The highest BCUT2D eigenvalue weighted by atomic mass is 35.5. The van der Waals surface area contributed by atoms with Crippen molar-refractivity contribution in [3.8, 4) is 11.6 Å². The monoisotopic (exact) mass is 404 g/mol. The van der Waals surface area contributed by atoms with Crippen LogP contribution < -0.4 is 0 Å². The molecule has 1 aliphatic heterocycles. The van der Waals surface area contributed by atoms with Gasteiger partial charge in [-0.2, -0.15) is 4.98 Å². The fraction of sp³-hybridized carbons (Fsp3) is 0.389. The van der Waals surface area contributed by atoms with Gasteiger partial charge in [-0.1, -0.05) is 35.8 Å². The number of hydrogen-bond acceptors (Lipinski definition) is 6. The molecular formula is C18H18ClFN6O2. The van der Waals surface area contributed by atoms with Gasteiger partial charge in [0.05, 0.1) is 22.8 Å². The number of amides is 1. The first-order chi connectivity index (χ1) is 13.4. The molecule has 2 aromatic heterocycles. The second kappa shape index (κ2) is 7.31. The Morgan fingerprint density at radius 3 is 2.93 bits per heavy atom. The van der Waals surface area contributed by atoms with E-state index in [0.717, 1.165) is 6.07 Å². The van der Waals surface area contributed by atoms with Crippen LogP contribution in [0.1, 0.15) is 48.4 Å². The van der Waals surface area contributed by atoms with Gasteiger partial charge in [0.25, 0.3) is 11.8 Å². The molecule has 3 heterocycles. The SMILES string of the molecule is CC(C)c1noc(-c2cn([C@@H]3CCN(C(=O)c4ccc(F)cc4Cl)C3)nn2)n1. The molecule has 0 bridgehead atoms. The van der Waals surface area contributed by atoms with Crippen molar-refractivity contribution in [3.63, 3.8) is 0 Å². The number of nitrogens with zero attached hydrogens (tertiary/aromatic N) is 6. The van der Waals surface area contributed by atoms with Crippen LogP contribution in [0.15, 0.2) is 28.9 Å². The molecule has 1 aliphatic rings. The molecule has 0 unspecified atom stereocenters. The zero-order chi connectivity index (χ0) is 19.8. The summed E-state index contributed by atoms with van der Waals surface area (Å²) in [6.07, 6.45) is 2.45. The van der Waals surface area contributed by atoms with Gasteiger partial charge in [0.2, 0.25) is 0 Å². The number of benzene rings is 1. The standard InChI is InChI=1S/C18H18ClFN6O2/c1-10(2)16-21-17(28-23-16)15-9-26(24-22-15)12-5-6-25(8-12)18(27)13-4-3-11(20)7-14(13)19/h3-4,7,9-10,12H,5-6,8H2,1-2H3/t12-/m1/s1. The summed E-state index contributed by atoms with van der Waals surface area (Å²) in [6.45, 7) is 4.95. The van der Waals surface area contributed by atoms with Gasteiger partial charge in [-0.05, 0) is 24.6 Å². The number of rotatable bonds is 4. The van der Waals surface area contributed by atoms with E-state index in [0.29, 0.717) is 36.9 Å². The largest absolute Gasteiger partial charge is 0.336 e. The lowest BCUT2D eigenvalue weighted by Crippen LogP contribution is -2.29. The molecule has 4 rings (SSSR count). The van der Waals surface area contributed by atoms with Crippen molar-refractivity contribution in [1.29, 1.82) is 0 Å². The molecular weight excluding hydrogens is 387 g/mol. The van der Waals surface area contributed by atoms with Crippen molar-refractivity contribution in [2.45, 2.75) is 32.2 Å². The Labute approximate surface area is 165 Å². The summed E-state index contributed by atoms with van der Waals surface area (Å²) in [4.78, 5) is 18.7. The summed E-state index contributed by atoms with van der Waals surface area (Å²) in [5.41, 5.74) is 0.779. The van der Waals surface area contributed by atoms with Gasteiger partial charge < -0.3 is 9.42 Å². The number of carbonyl (C=O) groups excluding carboxylic acids is 1. The lowest BCUT2D eigenvalue weighted by atomic mass is 10.2. The first-order valence-corrected chi connectivity index (χ1v) is 9.30. The van der Waals surface area contributed by atoms with Crippen molar-refractivity contribution in [3.05, 3.63) is 46.6 Å². The minimum Gasteiger partial charge on any atom is -0.336 e. The number of aromatic nitrogens is 5. The van der Waals surface area contributed by atoms with Gasteiger partial charge in [0, 0.05) is 19.0 Å². The first-order valence-electron chi connectivity index (χ1n) is 8.92. The Balaban J connectivity index is 1.47. The maximum Gasteiger partial charge on any atom is 0.280 e. The third kappa shape index (κ3) is 3.49. The molecule has 0 spiro atoms. The van der Waals surface area contributed by atoms with E-state index >= 15 is 0 Å². The molecule has 0 aliphatic carbocycles. The highest BCUT2D eigenvalue weighted by Crippen LogP contribution is 2.27. The summed E-state index contributed by atoms with van der Waals surface area (Å²) >= 11 is 6.01. The zero-order valence-electron chi connectivity index (χ0n) is 15.3. The van der Waals surface area contributed by atoms with Crippen molar-refractivity contribution < 1.29 is 13.7 Å². The van der Waals surface area contributed by atoms with Crippen LogP contribution in [0.2, 0.25) is 5.02 Å². The van der Waals surface area contributed by atoms with E-state index in [9.17, 15) is 9.18 Å². The number of likely N-dealkylation sites (tertiary alicyclic amines) is 1. The molecule has 0 radical (unpaired) electrons. The maximum absolute atomic E-state index is 13.2. The van der Waals surface area contributed by atoms with Crippen molar-refractivity contribution in [2.75, 3.05) is 13.1 Å². The van der Waals surface area contributed by atoms with E-state index in [-0.39, 0.29) is 28.5 Å². The van der Waals surface area contributed by atoms with Crippen molar-refractivity contribution in [1.82, 2.24) is 30.0 Å². The van der Waals surface area contributed by atoms with Crippen LogP contribution in [0.4, 0.5) is 4.39 Å². The molecule has 28 heavy (non-hydrogen) atoms. The average Bonchev–Trinajstić information content (AvgIpc) is 3.39. The van der Waals surface area contributed by atoms with Gasteiger partial charge in [0.1, 0.15) is 5.82 Å². The Bertz CT molecular complexity index is 1020. The maximum atomic E-state index is 13.2. The van der Waals surface area contributed by atoms with Crippen LogP contribution in [-0.2, 0) is 0 Å². The molecule has 1 amide bonds. The number of halogens is 2. The number of hydrogen-bond donors (Lipinski definition) is 0. The van der Waals surface area contributed by atoms with E-state index in [1.54, 1.807) is 15.8 Å². The van der Waals surface area contributed by atoms with E-state index < -0.39 is 5.82 Å². The Kier molecular flexibility index (Phi) is 4.84. The van der Waals surface area contributed by atoms with Gasteiger partial charge in [-0.15, -0.1) is 5.10 Å². The fourth-order valence-corrected chi connectivity index (χ4v) is 3.35. The van der Waals surface area contributed by atoms with Gasteiger partial charge in [-0.25, -0.2) is 9.07 Å². The van der Waals surface area contributed by atoms with Crippen molar-refractivity contribution in [2.24, 2.45) is 0 Å². The summed E-state index contributed by atoms with van der Waals surface area (Å²) in [6, 6.07) is 3.74. The number of carbonyl (C=O) groups is 1. The van der Waals surface area contributed by atoms with E-state index in [4.69, 9.17) is 16.1 Å². The zero-order valence-corrected chi connectivity index (χ0v) is 16.1. The molecule has 0 N–H and O–H groups in total. The molecule has 0 saturated carbocycles. The summed E-state index contributed by atoms with van der Waals surface area (Å²) in [5.74, 6) is 0.376. The summed E-state index contributed by atoms with van der Waals surface area (Å²) < 4.78 is 20.2. The van der Waals surface area contributed by atoms with Gasteiger partial charge >= 0.3 is 0 Å². The van der Waals surface area contributed by atoms with Crippen LogP contribution in [-0.4, -0.2) is 49.0 Å². The van der Waals surface area contributed by atoms with Crippen LogP contribution >= 0.6 is 11.6 Å². The van der Waals surface area contributed by atoms with E-state index in [2.05, 4.69) is 20.5 Å². The second-order valence-corrected chi connectivity index (χ2v) is 7.42. The quantitative estimate of drug-likeness (QED) is 0.662.